The maximum atomic E-state index is 10.6. The van der Waals surface area contributed by atoms with Crippen LogP contribution in [0.5, 0.6) is 11.5 Å². The molecule has 0 aliphatic heterocycles. The molecule has 0 saturated heterocycles. The van der Waals surface area contributed by atoms with Gasteiger partial charge in [-0.15, -0.1) is 0 Å². The number of hydrogen-bond acceptors (Lipinski definition) is 3. The van der Waals surface area contributed by atoms with Gasteiger partial charge in [0.25, 0.3) is 0 Å². The summed E-state index contributed by atoms with van der Waals surface area (Å²) in [6, 6.07) is 4.42. The van der Waals surface area contributed by atoms with E-state index >= 15 is 0 Å². The molecule has 1 N–H and O–H groups in total. The minimum Gasteiger partial charge on any atom is -0.508 e. The van der Waals surface area contributed by atoms with Gasteiger partial charge in [0, 0.05) is 6.07 Å². The molecular formula is C10H12O3. The highest BCUT2D eigenvalue weighted by molar-refractivity contribution is 5.79. The normalized spacial score (nSPS) is 10.1. The monoisotopic (exact) mass is 180 g/mol. The Bertz CT molecular complexity index is 305. The Hall–Kier alpha value is -1.51. The maximum Gasteiger partial charge on any atom is 0.153 e. The lowest BCUT2D eigenvalue weighted by Crippen LogP contribution is -2.07. The van der Waals surface area contributed by atoms with E-state index in [0.717, 1.165) is 0 Å². The zero-order chi connectivity index (χ0) is 9.84. The van der Waals surface area contributed by atoms with E-state index in [0.29, 0.717) is 17.6 Å². The molecular weight excluding hydrogens is 168 g/mol. The van der Waals surface area contributed by atoms with Crippen molar-refractivity contribution in [2.24, 2.45) is 0 Å². The number of phenols is 1. The Kier molecular flexibility index (Phi) is 2.90. The summed E-state index contributed by atoms with van der Waals surface area (Å²) in [7, 11) is 0. The Morgan fingerprint density at radius 3 is 2.69 bits per heavy atom. The first-order chi connectivity index (χ1) is 6.13. The number of benzene rings is 1. The van der Waals surface area contributed by atoms with Gasteiger partial charge in [-0.05, 0) is 26.0 Å². The molecule has 0 unspecified atom stereocenters. The fourth-order valence-electron chi connectivity index (χ4n) is 0.976. The van der Waals surface area contributed by atoms with Crippen molar-refractivity contribution in [2.45, 2.75) is 20.0 Å². The van der Waals surface area contributed by atoms with Crippen molar-refractivity contribution in [2.75, 3.05) is 0 Å². The number of carbonyl (C=O) groups is 1. The van der Waals surface area contributed by atoms with Crippen LogP contribution in [0.3, 0.4) is 0 Å². The van der Waals surface area contributed by atoms with E-state index in [9.17, 15) is 4.79 Å². The highest BCUT2D eigenvalue weighted by Crippen LogP contribution is 2.23. The molecule has 0 heterocycles. The molecule has 0 fully saturated rings. The molecule has 0 spiro atoms. The van der Waals surface area contributed by atoms with Gasteiger partial charge in [-0.1, -0.05) is 0 Å². The lowest BCUT2D eigenvalue weighted by Gasteiger charge is -2.11. The van der Waals surface area contributed by atoms with Gasteiger partial charge >= 0.3 is 0 Å². The van der Waals surface area contributed by atoms with E-state index in [1.54, 1.807) is 0 Å². The number of rotatable bonds is 3. The van der Waals surface area contributed by atoms with E-state index in [1.807, 2.05) is 13.8 Å². The van der Waals surface area contributed by atoms with E-state index in [4.69, 9.17) is 9.84 Å². The highest BCUT2D eigenvalue weighted by atomic mass is 16.5. The summed E-state index contributed by atoms with van der Waals surface area (Å²) in [5.74, 6) is 0.520. The standard InChI is InChI=1S/C10H12O3/c1-7(2)13-10-5-9(12)4-3-8(10)6-11/h3-7,12H,1-2H3. The third kappa shape index (κ3) is 2.47. The quantitative estimate of drug-likeness (QED) is 0.723. The lowest BCUT2D eigenvalue weighted by molar-refractivity contribution is 0.111. The van der Waals surface area contributed by atoms with Crippen LogP contribution in [0.2, 0.25) is 0 Å². The zero-order valence-electron chi connectivity index (χ0n) is 7.65. The largest absolute Gasteiger partial charge is 0.508 e. The molecule has 0 aliphatic rings. The lowest BCUT2D eigenvalue weighted by atomic mass is 10.2. The Morgan fingerprint density at radius 2 is 2.15 bits per heavy atom. The number of ether oxygens (including phenoxy) is 1. The molecule has 0 amide bonds. The Balaban J connectivity index is 3.01. The van der Waals surface area contributed by atoms with Crippen LogP contribution in [0, 0.1) is 0 Å². The van der Waals surface area contributed by atoms with Crippen molar-refractivity contribution >= 4 is 6.29 Å². The number of aldehydes is 1. The molecule has 1 rings (SSSR count). The van der Waals surface area contributed by atoms with Gasteiger partial charge in [-0.3, -0.25) is 4.79 Å². The first-order valence-corrected chi connectivity index (χ1v) is 4.08. The number of carbonyl (C=O) groups excluding carboxylic acids is 1. The van der Waals surface area contributed by atoms with Gasteiger partial charge in [0.15, 0.2) is 6.29 Å². The molecule has 0 aromatic heterocycles. The Labute approximate surface area is 77.0 Å². The fraction of sp³-hybridized carbons (Fsp3) is 0.300. The van der Waals surface area contributed by atoms with Crippen molar-refractivity contribution in [3.8, 4) is 11.5 Å². The van der Waals surface area contributed by atoms with Gasteiger partial charge < -0.3 is 9.84 Å². The predicted molar refractivity (Wildman–Crippen MR) is 49.3 cm³/mol. The van der Waals surface area contributed by atoms with E-state index in [1.165, 1.54) is 18.2 Å². The minimum atomic E-state index is -0.0134. The summed E-state index contributed by atoms with van der Waals surface area (Å²) in [5.41, 5.74) is 0.450. The fourth-order valence-corrected chi connectivity index (χ4v) is 0.976. The molecule has 1 aromatic carbocycles. The molecule has 1 aromatic rings. The van der Waals surface area contributed by atoms with Crippen molar-refractivity contribution in [3.05, 3.63) is 23.8 Å². The summed E-state index contributed by atoms with van der Waals surface area (Å²) in [6.07, 6.45) is 0.692. The van der Waals surface area contributed by atoms with Crippen LogP contribution in [-0.4, -0.2) is 17.5 Å². The summed E-state index contributed by atoms with van der Waals surface area (Å²) in [5, 5.41) is 9.15. The van der Waals surface area contributed by atoms with Crippen LogP contribution < -0.4 is 4.74 Å². The average Bonchev–Trinajstić information content (AvgIpc) is 2.03. The molecule has 3 nitrogen and oxygen atoms in total. The van der Waals surface area contributed by atoms with Crippen molar-refractivity contribution < 1.29 is 14.6 Å². The van der Waals surface area contributed by atoms with Gasteiger partial charge in [-0.2, -0.15) is 0 Å². The van der Waals surface area contributed by atoms with Gasteiger partial charge in [-0.25, -0.2) is 0 Å². The van der Waals surface area contributed by atoms with Crippen LogP contribution in [0.15, 0.2) is 18.2 Å². The molecule has 0 radical (unpaired) electrons. The third-order valence-electron chi connectivity index (χ3n) is 1.49. The topological polar surface area (TPSA) is 46.5 Å². The molecule has 0 saturated carbocycles. The summed E-state index contributed by atoms with van der Waals surface area (Å²) in [4.78, 5) is 10.6. The molecule has 3 heteroatoms. The molecule has 13 heavy (non-hydrogen) atoms. The summed E-state index contributed by atoms with van der Waals surface area (Å²) in [6.45, 7) is 3.72. The SMILES string of the molecule is CC(C)Oc1cc(O)ccc1C=O. The Morgan fingerprint density at radius 1 is 1.46 bits per heavy atom. The number of hydrogen-bond donors (Lipinski definition) is 1. The van der Waals surface area contributed by atoms with Crippen molar-refractivity contribution in [1.82, 2.24) is 0 Å². The molecule has 0 bridgehead atoms. The summed E-state index contributed by atoms with van der Waals surface area (Å²) < 4.78 is 5.33. The second-order valence-electron chi connectivity index (χ2n) is 3.01. The van der Waals surface area contributed by atoms with Crippen LogP contribution in [0.4, 0.5) is 0 Å². The second-order valence-corrected chi connectivity index (χ2v) is 3.01. The predicted octanol–water partition coefficient (Wildman–Crippen LogP) is 1.99. The van der Waals surface area contributed by atoms with Gasteiger partial charge in [0.05, 0.1) is 11.7 Å². The average molecular weight is 180 g/mol. The van der Waals surface area contributed by atoms with Crippen LogP contribution in [0.1, 0.15) is 24.2 Å². The summed E-state index contributed by atoms with van der Waals surface area (Å²) >= 11 is 0. The van der Waals surface area contributed by atoms with Gasteiger partial charge in [0.1, 0.15) is 11.5 Å². The van der Waals surface area contributed by atoms with Crippen LogP contribution in [0.25, 0.3) is 0 Å². The zero-order valence-corrected chi connectivity index (χ0v) is 7.65. The second kappa shape index (κ2) is 3.94. The molecule has 0 atom stereocenters. The third-order valence-corrected chi connectivity index (χ3v) is 1.49. The number of aromatic hydroxyl groups is 1. The van der Waals surface area contributed by atoms with Crippen LogP contribution in [-0.2, 0) is 0 Å². The molecule has 0 aliphatic carbocycles. The van der Waals surface area contributed by atoms with E-state index in [2.05, 4.69) is 0 Å². The molecule has 70 valence electrons. The first kappa shape index (κ1) is 9.58. The smallest absolute Gasteiger partial charge is 0.153 e. The van der Waals surface area contributed by atoms with Crippen molar-refractivity contribution in [1.29, 1.82) is 0 Å². The van der Waals surface area contributed by atoms with Crippen LogP contribution >= 0.6 is 0 Å². The maximum absolute atomic E-state index is 10.6. The van der Waals surface area contributed by atoms with E-state index < -0.39 is 0 Å². The van der Waals surface area contributed by atoms with E-state index in [-0.39, 0.29) is 11.9 Å². The van der Waals surface area contributed by atoms with Gasteiger partial charge in [0.2, 0.25) is 0 Å². The minimum absolute atomic E-state index is 0.0134. The number of phenolic OH excluding ortho intramolecular Hbond substituents is 1. The van der Waals surface area contributed by atoms with Crippen molar-refractivity contribution in [3.63, 3.8) is 0 Å². The highest BCUT2D eigenvalue weighted by Gasteiger charge is 2.05. The first-order valence-electron chi connectivity index (χ1n) is 4.08.